The lowest BCUT2D eigenvalue weighted by Gasteiger charge is -2.30. The third-order valence-corrected chi connectivity index (χ3v) is 5.63. The van der Waals surface area contributed by atoms with Gasteiger partial charge in [0.1, 0.15) is 0 Å². The van der Waals surface area contributed by atoms with Gasteiger partial charge in [-0.15, -0.1) is 11.3 Å². The Labute approximate surface area is 128 Å². The number of carbonyl (C=O) groups is 2. The molecule has 2 heterocycles. The Kier molecular flexibility index (Phi) is 3.84. The molecule has 2 aliphatic rings. The molecule has 1 aliphatic carbocycles. The first-order chi connectivity index (χ1) is 10.1. The van der Waals surface area contributed by atoms with Crippen LogP contribution in [0.3, 0.4) is 0 Å². The molecule has 1 atom stereocenters. The molecule has 1 aliphatic heterocycles. The number of hydrogen-bond acceptors (Lipinski definition) is 5. The molecule has 114 valence electrons. The van der Waals surface area contributed by atoms with Crippen LogP contribution in [0, 0.1) is 5.41 Å². The van der Waals surface area contributed by atoms with Gasteiger partial charge in [-0.1, -0.05) is 19.3 Å². The van der Waals surface area contributed by atoms with E-state index < -0.39 is 5.41 Å². The Morgan fingerprint density at radius 3 is 2.71 bits per heavy atom. The topological polar surface area (TPSA) is 62.3 Å². The Morgan fingerprint density at radius 1 is 1.33 bits per heavy atom. The van der Waals surface area contributed by atoms with E-state index >= 15 is 0 Å². The highest BCUT2D eigenvalue weighted by Gasteiger charge is 2.52. The van der Waals surface area contributed by atoms with Crippen LogP contribution < -0.4 is 10.2 Å². The van der Waals surface area contributed by atoms with Crippen LogP contribution in [-0.4, -0.2) is 23.8 Å². The van der Waals surface area contributed by atoms with E-state index in [1.165, 1.54) is 22.7 Å². The number of amides is 2. The molecular formula is C15H21N3O2S. The number of aromatic nitrogens is 1. The summed E-state index contributed by atoms with van der Waals surface area (Å²) in [4.78, 5) is 31.0. The van der Waals surface area contributed by atoms with Crippen molar-refractivity contribution in [2.45, 2.75) is 51.5 Å². The first kappa shape index (κ1) is 14.7. The molecule has 0 bridgehead atoms. The van der Waals surface area contributed by atoms with E-state index in [1.54, 1.807) is 0 Å². The number of hydrogen-bond donors (Lipinski definition) is 1. The molecule has 1 N–H and O–H groups in total. The van der Waals surface area contributed by atoms with Crippen LogP contribution in [0.2, 0.25) is 0 Å². The number of anilines is 1. The van der Waals surface area contributed by atoms with E-state index in [9.17, 15) is 9.59 Å². The summed E-state index contributed by atoms with van der Waals surface area (Å²) in [5.41, 5.74) is 0.443. The number of rotatable bonds is 3. The van der Waals surface area contributed by atoms with Crippen molar-refractivity contribution in [3.05, 3.63) is 11.1 Å². The van der Waals surface area contributed by atoms with Crippen molar-refractivity contribution in [2.24, 2.45) is 5.41 Å². The average molecular weight is 307 g/mol. The van der Waals surface area contributed by atoms with E-state index in [0.717, 1.165) is 31.4 Å². The Hall–Kier alpha value is -1.27. The average Bonchev–Trinajstić information content (AvgIpc) is 3.04. The van der Waals surface area contributed by atoms with Gasteiger partial charge >= 0.3 is 0 Å². The molecule has 1 saturated carbocycles. The van der Waals surface area contributed by atoms with Gasteiger partial charge in [0.25, 0.3) is 0 Å². The number of nitrogens with one attached hydrogen (secondary N) is 1. The molecule has 2 amide bonds. The van der Waals surface area contributed by atoms with E-state index in [2.05, 4.69) is 10.3 Å². The fraction of sp³-hybridized carbons (Fsp3) is 0.667. The first-order valence-electron chi connectivity index (χ1n) is 7.57. The minimum atomic E-state index is -0.435. The van der Waals surface area contributed by atoms with E-state index in [0.29, 0.717) is 11.6 Å². The molecule has 6 heteroatoms. The van der Waals surface area contributed by atoms with Crippen LogP contribution in [0.4, 0.5) is 5.13 Å². The molecule has 3 rings (SSSR count). The number of carbonyl (C=O) groups excluding carboxylic acids is 2. The van der Waals surface area contributed by atoms with Gasteiger partial charge in [-0.3, -0.25) is 9.59 Å². The summed E-state index contributed by atoms with van der Waals surface area (Å²) in [6, 6.07) is 0.117. The van der Waals surface area contributed by atoms with Crippen molar-refractivity contribution in [3.63, 3.8) is 0 Å². The quantitative estimate of drug-likeness (QED) is 0.872. The molecular weight excluding hydrogens is 286 g/mol. The lowest BCUT2D eigenvalue weighted by atomic mass is 9.73. The second-order valence-electron chi connectivity index (χ2n) is 6.12. The predicted octanol–water partition coefficient (Wildman–Crippen LogP) is 2.64. The molecule has 0 aromatic carbocycles. The number of thiazole rings is 1. The third kappa shape index (κ3) is 2.40. The molecule has 1 unspecified atom stereocenters. The van der Waals surface area contributed by atoms with Crippen molar-refractivity contribution in [1.29, 1.82) is 0 Å². The maximum Gasteiger partial charge on any atom is 0.242 e. The minimum Gasteiger partial charge on any atom is -0.312 e. The minimum absolute atomic E-state index is 0.0230. The van der Waals surface area contributed by atoms with Crippen LogP contribution >= 0.6 is 11.3 Å². The maximum absolute atomic E-state index is 12.8. The maximum atomic E-state index is 12.8. The van der Waals surface area contributed by atoms with Crippen LogP contribution in [0.1, 0.15) is 57.2 Å². The highest BCUT2D eigenvalue weighted by molar-refractivity contribution is 7.14. The van der Waals surface area contributed by atoms with Crippen LogP contribution in [0.15, 0.2) is 5.38 Å². The summed E-state index contributed by atoms with van der Waals surface area (Å²) in [6.45, 7) is 2.01. The van der Waals surface area contributed by atoms with Gasteiger partial charge in [-0.2, -0.15) is 0 Å². The van der Waals surface area contributed by atoms with Crippen LogP contribution in [0.25, 0.3) is 0 Å². The molecule has 1 aromatic rings. The summed E-state index contributed by atoms with van der Waals surface area (Å²) in [5, 5.41) is 5.57. The smallest absolute Gasteiger partial charge is 0.242 e. The van der Waals surface area contributed by atoms with Crippen molar-refractivity contribution < 1.29 is 9.59 Å². The fourth-order valence-electron chi connectivity index (χ4n) is 3.33. The largest absolute Gasteiger partial charge is 0.312 e. The van der Waals surface area contributed by atoms with Gasteiger partial charge < -0.3 is 5.32 Å². The third-order valence-electron chi connectivity index (χ3n) is 4.78. The Morgan fingerprint density at radius 2 is 2.05 bits per heavy atom. The van der Waals surface area contributed by atoms with Gasteiger partial charge in [0.2, 0.25) is 11.8 Å². The summed E-state index contributed by atoms with van der Waals surface area (Å²) in [7, 11) is 1.87. The summed E-state index contributed by atoms with van der Waals surface area (Å²) < 4.78 is 0. The predicted molar refractivity (Wildman–Crippen MR) is 82.2 cm³/mol. The molecule has 5 nitrogen and oxygen atoms in total. The van der Waals surface area contributed by atoms with E-state index in [4.69, 9.17) is 0 Å². The molecule has 1 spiro atoms. The Balaban J connectivity index is 1.87. The summed E-state index contributed by atoms with van der Waals surface area (Å²) in [5.74, 6) is -0.106. The molecule has 0 radical (unpaired) electrons. The lowest BCUT2D eigenvalue weighted by Crippen LogP contribution is -2.37. The second-order valence-corrected chi connectivity index (χ2v) is 6.95. The molecule has 2 fully saturated rings. The SMILES string of the molecule is CNC(C)c1csc(N2C(=O)CC3(CCCCC3)C2=O)n1. The number of nitrogens with zero attached hydrogens (tertiary/aromatic N) is 2. The van der Waals surface area contributed by atoms with Crippen molar-refractivity contribution >= 4 is 28.3 Å². The summed E-state index contributed by atoms with van der Waals surface area (Å²) in [6.07, 6.45) is 5.32. The fourth-order valence-corrected chi connectivity index (χ4v) is 4.26. The highest BCUT2D eigenvalue weighted by atomic mass is 32.1. The second kappa shape index (κ2) is 5.50. The molecule has 21 heavy (non-hydrogen) atoms. The normalized spacial score (nSPS) is 23.0. The number of imide groups is 1. The van der Waals surface area contributed by atoms with E-state index in [1.807, 2.05) is 19.4 Å². The zero-order valence-electron chi connectivity index (χ0n) is 12.5. The Bertz CT molecular complexity index is 563. The zero-order chi connectivity index (χ0) is 15.0. The van der Waals surface area contributed by atoms with Crippen LogP contribution in [0.5, 0.6) is 0 Å². The van der Waals surface area contributed by atoms with E-state index in [-0.39, 0.29) is 17.9 Å². The van der Waals surface area contributed by atoms with Crippen molar-refractivity contribution in [1.82, 2.24) is 10.3 Å². The van der Waals surface area contributed by atoms with Gasteiger partial charge in [0, 0.05) is 17.8 Å². The van der Waals surface area contributed by atoms with Crippen molar-refractivity contribution in [2.75, 3.05) is 11.9 Å². The molecule has 1 saturated heterocycles. The standard InChI is InChI=1S/C15H21N3O2S/c1-10(16-2)11-9-21-14(17-11)18-12(19)8-15(13(18)20)6-4-3-5-7-15/h9-10,16H,3-8H2,1-2H3. The van der Waals surface area contributed by atoms with Gasteiger partial charge in [-0.05, 0) is 26.8 Å². The lowest BCUT2D eigenvalue weighted by molar-refractivity contribution is -0.127. The monoisotopic (exact) mass is 307 g/mol. The zero-order valence-corrected chi connectivity index (χ0v) is 13.3. The van der Waals surface area contributed by atoms with Gasteiger partial charge in [0.05, 0.1) is 11.1 Å². The van der Waals surface area contributed by atoms with Gasteiger partial charge in [-0.25, -0.2) is 9.88 Å². The highest BCUT2D eigenvalue weighted by Crippen LogP contribution is 2.46. The van der Waals surface area contributed by atoms with Gasteiger partial charge in [0.15, 0.2) is 5.13 Å². The summed E-state index contributed by atoms with van der Waals surface area (Å²) >= 11 is 1.38. The van der Waals surface area contributed by atoms with Crippen molar-refractivity contribution in [3.8, 4) is 0 Å². The first-order valence-corrected chi connectivity index (χ1v) is 8.45. The van der Waals surface area contributed by atoms with Crippen LogP contribution in [-0.2, 0) is 9.59 Å². The molecule has 1 aromatic heterocycles.